The Labute approximate surface area is 178 Å². The zero-order valence-electron chi connectivity index (χ0n) is 16.7. The van der Waals surface area contributed by atoms with Gasteiger partial charge in [0.25, 0.3) is 11.7 Å². The van der Waals surface area contributed by atoms with E-state index in [1.54, 1.807) is 47.7 Å². The monoisotopic (exact) mass is 422 g/mol. The van der Waals surface area contributed by atoms with Crippen LogP contribution in [0.5, 0.6) is 0 Å². The van der Waals surface area contributed by atoms with Crippen LogP contribution in [0.25, 0.3) is 5.76 Å². The Kier molecular flexibility index (Phi) is 5.57. The number of carbonyl (C=O) groups is 2. The molecule has 1 fully saturated rings. The molecule has 1 N–H and O–H groups in total. The van der Waals surface area contributed by atoms with Gasteiger partial charge in [-0.2, -0.15) is 0 Å². The van der Waals surface area contributed by atoms with Crippen molar-refractivity contribution in [3.05, 3.63) is 88.0 Å². The fourth-order valence-electron chi connectivity index (χ4n) is 3.74. The van der Waals surface area contributed by atoms with Gasteiger partial charge in [0.1, 0.15) is 17.6 Å². The molecule has 2 atom stereocenters. The van der Waals surface area contributed by atoms with Crippen LogP contribution in [0.15, 0.2) is 76.2 Å². The van der Waals surface area contributed by atoms with Gasteiger partial charge in [-0.15, -0.1) is 11.3 Å². The van der Waals surface area contributed by atoms with Crippen molar-refractivity contribution < 1.29 is 19.1 Å². The lowest BCUT2D eigenvalue weighted by Crippen LogP contribution is -2.37. The van der Waals surface area contributed by atoms with E-state index in [4.69, 9.17) is 4.42 Å². The molecular weight excluding hydrogens is 400 g/mol. The number of nitrogens with zero attached hydrogens (tertiary/aromatic N) is 2. The Bertz CT molecular complexity index is 1060. The number of aliphatic hydroxyl groups excluding tert-OH is 1. The van der Waals surface area contributed by atoms with E-state index in [1.165, 1.54) is 11.2 Å². The van der Waals surface area contributed by atoms with Gasteiger partial charge in [0.15, 0.2) is 0 Å². The molecule has 2 aromatic heterocycles. The fraction of sp³-hybridized carbons (Fsp3) is 0.217. The molecule has 0 unspecified atom stereocenters. The molecule has 1 saturated heterocycles. The smallest absolute Gasteiger partial charge is 0.295 e. The van der Waals surface area contributed by atoms with Gasteiger partial charge >= 0.3 is 0 Å². The Hall–Kier alpha value is -3.16. The highest BCUT2D eigenvalue weighted by Gasteiger charge is 2.48. The molecule has 0 saturated carbocycles. The average molecular weight is 423 g/mol. The number of carbonyl (C=O) groups excluding carboxylic acids is 2. The maximum Gasteiger partial charge on any atom is 0.295 e. The van der Waals surface area contributed by atoms with Gasteiger partial charge < -0.3 is 19.3 Å². The number of Topliss-reactive ketones (excluding diaryl/α,β-unsaturated/α-hetero) is 1. The normalized spacial score (nSPS) is 19.6. The van der Waals surface area contributed by atoms with Crippen molar-refractivity contribution in [3.63, 3.8) is 0 Å². The van der Waals surface area contributed by atoms with Gasteiger partial charge in [-0.05, 0) is 37.7 Å². The molecule has 154 valence electrons. The van der Waals surface area contributed by atoms with Crippen LogP contribution in [0.3, 0.4) is 0 Å². The minimum Gasteiger partial charge on any atom is -0.507 e. The standard InChI is InChI=1S/C23H22N2O4S/c1-24(2)16(18-11-7-13-30-18)14-25-20(17-10-6-12-29-17)19(22(27)23(25)28)21(26)15-8-4-3-5-9-15/h3-13,16,20,26H,14H2,1-2H3/b21-19+/t16-,20+/m1/s1. The fourth-order valence-corrected chi connectivity index (χ4v) is 4.65. The molecule has 6 nitrogen and oxygen atoms in total. The number of likely N-dealkylation sites (tertiary alicyclic amines) is 1. The molecule has 7 heteroatoms. The van der Waals surface area contributed by atoms with E-state index in [0.29, 0.717) is 11.3 Å². The summed E-state index contributed by atoms with van der Waals surface area (Å²) >= 11 is 1.60. The molecule has 0 spiro atoms. The average Bonchev–Trinajstić information content (AvgIpc) is 3.50. The Morgan fingerprint density at radius 3 is 2.50 bits per heavy atom. The van der Waals surface area contributed by atoms with Crippen LogP contribution in [-0.4, -0.2) is 47.2 Å². The molecule has 3 aromatic rings. The molecule has 4 rings (SSSR count). The molecule has 0 aliphatic carbocycles. The van der Waals surface area contributed by atoms with Gasteiger partial charge in [-0.3, -0.25) is 9.59 Å². The highest BCUT2D eigenvalue weighted by molar-refractivity contribution is 7.10. The maximum absolute atomic E-state index is 13.1. The number of thiophene rings is 1. The molecule has 0 bridgehead atoms. The van der Waals surface area contributed by atoms with Crippen LogP contribution in [0.4, 0.5) is 0 Å². The summed E-state index contributed by atoms with van der Waals surface area (Å²) in [4.78, 5) is 30.7. The molecule has 1 aliphatic heterocycles. The summed E-state index contributed by atoms with van der Waals surface area (Å²) in [6.45, 7) is 0.287. The Balaban J connectivity index is 1.80. The Morgan fingerprint density at radius 2 is 1.90 bits per heavy atom. The number of ketones is 1. The largest absolute Gasteiger partial charge is 0.507 e. The van der Waals surface area contributed by atoms with Gasteiger partial charge in [-0.1, -0.05) is 36.4 Å². The molecule has 1 aliphatic rings. The van der Waals surface area contributed by atoms with Gasteiger partial charge in [-0.25, -0.2) is 0 Å². The maximum atomic E-state index is 13.1. The summed E-state index contributed by atoms with van der Waals surface area (Å²) in [6, 6.07) is 15.3. The summed E-state index contributed by atoms with van der Waals surface area (Å²) < 4.78 is 5.59. The topological polar surface area (TPSA) is 74.0 Å². The molecule has 0 radical (unpaired) electrons. The number of rotatable bonds is 6. The number of amides is 1. The zero-order valence-corrected chi connectivity index (χ0v) is 17.5. The van der Waals surface area contributed by atoms with Crippen molar-refractivity contribution in [2.45, 2.75) is 12.1 Å². The number of benzene rings is 1. The van der Waals surface area contributed by atoms with Crippen molar-refractivity contribution in [3.8, 4) is 0 Å². The van der Waals surface area contributed by atoms with Crippen molar-refractivity contribution in [1.29, 1.82) is 0 Å². The van der Waals surface area contributed by atoms with Crippen LogP contribution in [0, 0.1) is 0 Å². The summed E-state index contributed by atoms with van der Waals surface area (Å²) in [6.07, 6.45) is 1.50. The van der Waals surface area contributed by atoms with Crippen LogP contribution in [0.1, 0.15) is 28.3 Å². The van der Waals surface area contributed by atoms with Gasteiger partial charge in [0.2, 0.25) is 0 Å². The van der Waals surface area contributed by atoms with E-state index >= 15 is 0 Å². The zero-order chi connectivity index (χ0) is 21.3. The van der Waals surface area contributed by atoms with E-state index < -0.39 is 17.7 Å². The first-order valence-corrected chi connectivity index (χ1v) is 10.4. The Morgan fingerprint density at radius 1 is 1.13 bits per heavy atom. The number of aliphatic hydroxyl groups is 1. The first-order chi connectivity index (χ1) is 14.5. The first-order valence-electron chi connectivity index (χ1n) is 9.56. The van der Waals surface area contributed by atoms with Gasteiger partial charge in [0, 0.05) is 17.0 Å². The van der Waals surface area contributed by atoms with E-state index in [0.717, 1.165) is 4.88 Å². The number of likely N-dealkylation sites (N-methyl/N-ethyl adjacent to an activating group) is 1. The number of hydrogen-bond acceptors (Lipinski definition) is 6. The van der Waals surface area contributed by atoms with Crippen LogP contribution >= 0.6 is 11.3 Å². The van der Waals surface area contributed by atoms with Crippen molar-refractivity contribution in [2.75, 3.05) is 20.6 Å². The van der Waals surface area contributed by atoms with E-state index in [1.807, 2.05) is 42.6 Å². The molecule has 1 aromatic carbocycles. The van der Waals surface area contributed by atoms with Crippen molar-refractivity contribution >= 4 is 28.8 Å². The summed E-state index contributed by atoms with van der Waals surface area (Å²) in [7, 11) is 3.87. The molecule has 3 heterocycles. The highest BCUT2D eigenvalue weighted by Crippen LogP contribution is 2.41. The second-order valence-electron chi connectivity index (χ2n) is 7.33. The van der Waals surface area contributed by atoms with E-state index in [-0.39, 0.29) is 23.9 Å². The third kappa shape index (κ3) is 3.58. The summed E-state index contributed by atoms with van der Waals surface area (Å²) in [5, 5.41) is 12.9. The van der Waals surface area contributed by atoms with Gasteiger partial charge in [0.05, 0.1) is 17.9 Å². The van der Waals surface area contributed by atoms with E-state index in [9.17, 15) is 14.7 Å². The van der Waals surface area contributed by atoms with Crippen LogP contribution < -0.4 is 0 Å². The van der Waals surface area contributed by atoms with E-state index in [2.05, 4.69) is 0 Å². The van der Waals surface area contributed by atoms with Crippen molar-refractivity contribution in [2.24, 2.45) is 0 Å². The highest BCUT2D eigenvalue weighted by atomic mass is 32.1. The third-order valence-electron chi connectivity index (χ3n) is 5.26. The lowest BCUT2D eigenvalue weighted by atomic mass is 9.99. The summed E-state index contributed by atoms with van der Waals surface area (Å²) in [5.74, 6) is -1.11. The molecular formula is C23H22N2O4S. The SMILES string of the molecule is CN(C)[C@H](CN1C(=O)C(=O)/C(=C(/O)c2ccccc2)[C@@H]1c1ccco1)c1cccs1. The third-order valence-corrected chi connectivity index (χ3v) is 6.24. The van der Waals surface area contributed by atoms with Crippen LogP contribution in [0.2, 0.25) is 0 Å². The quantitative estimate of drug-likeness (QED) is 0.368. The molecule has 30 heavy (non-hydrogen) atoms. The predicted molar refractivity (Wildman–Crippen MR) is 115 cm³/mol. The predicted octanol–water partition coefficient (Wildman–Crippen LogP) is 4.07. The minimum absolute atomic E-state index is 0.0461. The molecule has 1 amide bonds. The van der Waals surface area contributed by atoms with Crippen molar-refractivity contribution in [1.82, 2.24) is 9.80 Å². The summed E-state index contributed by atoms with van der Waals surface area (Å²) in [5.41, 5.74) is 0.527. The lowest BCUT2D eigenvalue weighted by molar-refractivity contribution is -0.140. The second kappa shape index (κ2) is 8.30. The van der Waals surface area contributed by atoms with Crippen LogP contribution in [-0.2, 0) is 9.59 Å². The second-order valence-corrected chi connectivity index (χ2v) is 8.31. The lowest BCUT2D eigenvalue weighted by Gasteiger charge is -2.31. The minimum atomic E-state index is -0.789. The number of furan rings is 1. The number of hydrogen-bond donors (Lipinski definition) is 1. The first kappa shape index (κ1) is 20.1.